The molecule has 8 aliphatic rings. The predicted octanol–water partition coefficient (Wildman–Crippen LogP) is 1.54. The number of aromatic hydroxyl groups is 2. The van der Waals surface area contributed by atoms with E-state index in [1.165, 1.54) is 25.3 Å². The van der Waals surface area contributed by atoms with Gasteiger partial charge in [0, 0.05) is 81.0 Å². The van der Waals surface area contributed by atoms with E-state index in [0.29, 0.717) is 25.0 Å². The molecule has 2 aromatic carbocycles. The lowest BCUT2D eigenvalue weighted by molar-refractivity contribution is -0.264. The second kappa shape index (κ2) is 22.4. The normalized spacial score (nSPS) is 30.2. The number of hydrogen-bond donors (Lipinski definition) is 7. The highest BCUT2D eigenvalue weighted by Gasteiger charge is 2.56. The third-order valence-electron chi connectivity index (χ3n) is 15.4. The number of benzene rings is 2. The number of rotatable bonds is 19. The molecule has 3 amide bonds. The summed E-state index contributed by atoms with van der Waals surface area (Å²) in [5, 5.41) is 41.4. The highest BCUT2D eigenvalue weighted by Crippen LogP contribution is 2.54. The summed E-state index contributed by atoms with van der Waals surface area (Å²) in [5.74, 6) is 3.45. The number of fused-ring (bicyclic) bond motifs is 7. The van der Waals surface area contributed by atoms with Gasteiger partial charge in [0.1, 0.15) is 35.6 Å². The van der Waals surface area contributed by atoms with Crippen LogP contribution in [-0.2, 0) is 59.3 Å². The number of ketones is 2. The van der Waals surface area contributed by atoms with Gasteiger partial charge in [-0.2, -0.15) is 13.1 Å². The Labute approximate surface area is 438 Å². The van der Waals surface area contributed by atoms with Crippen LogP contribution in [0.2, 0.25) is 0 Å². The summed E-state index contributed by atoms with van der Waals surface area (Å²) in [7, 11) is -2.90. The van der Waals surface area contributed by atoms with Crippen LogP contribution in [0, 0.1) is 29.6 Å². The quantitative estimate of drug-likeness (QED) is 0.0509. The van der Waals surface area contributed by atoms with Crippen LogP contribution in [0.3, 0.4) is 0 Å². The van der Waals surface area contributed by atoms with Gasteiger partial charge in [-0.05, 0) is 56.4 Å². The van der Waals surface area contributed by atoms with Crippen molar-refractivity contribution in [3.05, 3.63) is 51.6 Å². The Hall–Kier alpha value is -5.66. The molecular formula is C51H63N5O19S. The summed E-state index contributed by atoms with van der Waals surface area (Å²) in [6.07, 6.45) is -1.82. The van der Waals surface area contributed by atoms with Gasteiger partial charge in [-0.3, -0.25) is 19.3 Å². The highest BCUT2D eigenvalue weighted by molar-refractivity contribution is 7.88. The van der Waals surface area contributed by atoms with E-state index in [1.807, 2.05) is 11.6 Å². The van der Waals surface area contributed by atoms with Crippen molar-refractivity contribution in [3.8, 4) is 29.1 Å². The number of carbonyl (C=O) groups excluding carboxylic acids is 5. The Morgan fingerprint density at radius 2 is 1.63 bits per heavy atom. The topological polar surface area (TPSA) is 315 Å². The largest absolute Gasteiger partial charge is 0.507 e. The first-order valence-corrected chi connectivity index (χ1v) is 27.3. The van der Waals surface area contributed by atoms with Gasteiger partial charge in [0.05, 0.1) is 68.5 Å². The number of nitrogens with zero attached hydrogens (tertiary/aromatic N) is 1. The number of morpholine rings is 1. The number of amides is 3. The maximum atomic E-state index is 14.3. The number of ether oxygens (including phenoxy) is 9. The number of phenols is 2. The van der Waals surface area contributed by atoms with Gasteiger partial charge in [-0.15, -0.1) is 11.8 Å². The minimum atomic E-state index is -4.22. The van der Waals surface area contributed by atoms with Gasteiger partial charge in [0.25, 0.3) is 5.91 Å². The van der Waals surface area contributed by atoms with Crippen molar-refractivity contribution in [2.45, 2.75) is 120 Å². The van der Waals surface area contributed by atoms with E-state index in [9.17, 15) is 47.7 Å². The summed E-state index contributed by atoms with van der Waals surface area (Å²) in [6.45, 7) is 1.86. The van der Waals surface area contributed by atoms with Crippen molar-refractivity contribution >= 4 is 39.9 Å². The Balaban J connectivity index is 0.728. The van der Waals surface area contributed by atoms with Crippen LogP contribution in [0.1, 0.15) is 107 Å². The van der Waals surface area contributed by atoms with E-state index in [2.05, 4.69) is 32.1 Å². The molecule has 5 aliphatic carbocycles. The Morgan fingerprint density at radius 3 is 2.38 bits per heavy atom. The molecular weight excluding hydrogens is 1020 g/mol. The van der Waals surface area contributed by atoms with Crippen molar-refractivity contribution in [2.75, 3.05) is 66.3 Å². The minimum Gasteiger partial charge on any atom is -0.507 e. The maximum absolute atomic E-state index is 14.3. The lowest BCUT2D eigenvalue weighted by atomic mass is 9.72. The third kappa shape index (κ3) is 11.2. The molecule has 2 aromatic rings. The molecule has 0 spiro atoms. The molecule has 2 saturated carbocycles. The number of hydrogen-bond acceptors (Lipinski definition) is 20. The summed E-state index contributed by atoms with van der Waals surface area (Å²) in [5.41, 5.74) is -3.83. The smallest absolute Gasteiger partial charge is 0.421 e. The first-order valence-electron chi connectivity index (χ1n) is 25.8. The predicted molar refractivity (Wildman–Crippen MR) is 260 cm³/mol. The zero-order chi connectivity index (χ0) is 53.5. The lowest BCUT2D eigenvalue weighted by Gasteiger charge is -2.43. The number of phenolic OH excluding ortho intramolecular Hbond substituents is 2. The Bertz CT molecular complexity index is 2770. The van der Waals surface area contributed by atoms with E-state index >= 15 is 0 Å². The molecule has 3 saturated heterocycles. The van der Waals surface area contributed by atoms with E-state index in [4.69, 9.17) is 42.6 Å². The van der Waals surface area contributed by atoms with E-state index in [0.717, 1.165) is 38.5 Å². The van der Waals surface area contributed by atoms with Crippen LogP contribution in [0.15, 0.2) is 18.2 Å². The van der Waals surface area contributed by atoms with Crippen LogP contribution in [-0.4, -0.2) is 173 Å². The molecule has 11 atom stereocenters. The fourth-order valence-electron chi connectivity index (χ4n) is 11.5. The summed E-state index contributed by atoms with van der Waals surface area (Å²) in [6, 6.07) is 4.15. The number of methoxy groups -OCH3 is 1. The molecule has 5 fully saturated rings. The Morgan fingerprint density at radius 1 is 0.882 bits per heavy atom. The van der Waals surface area contributed by atoms with Crippen LogP contribution in [0.25, 0.3) is 0 Å². The van der Waals surface area contributed by atoms with Crippen molar-refractivity contribution in [2.24, 2.45) is 17.8 Å². The van der Waals surface area contributed by atoms with Gasteiger partial charge in [0.2, 0.25) is 5.78 Å². The molecule has 3 aliphatic heterocycles. The lowest BCUT2D eigenvalue weighted by Crippen LogP contribution is -2.55. The summed E-state index contributed by atoms with van der Waals surface area (Å²) < 4.78 is 81.1. The number of alkyl carbamates (subject to hydrolysis) is 1. The number of aliphatic hydroxyl groups is 1. The first-order chi connectivity index (χ1) is 36.6. The molecule has 7 N–H and O–H groups in total. The Kier molecular flexibility index (Phi) is 15.8. The van der Waals surface area contributed by atoms with Gasteiger partial charge < -0.3 is 68.6 Å². The zero-order valence-corrected chi connectivity index (χ0v) is 42.9. The molecule has 1 unspecified atom stereocenters. The van der Waals surface area contributed by atoms with Crippen LogP contribution in [0.4, 0.5) is 9.59 Å². The molecule has 412 valence electrons. The van der Waals surface area contributed by atoms with E-state index in [-0.39, 0.29) is 98.5 Å². The van der Waals surface area contributed by atoms with E-state index < -0.39 is 118 Å². The van der Waals surface area contributed by atoms with Crippen molar-refractivity contribution < 1.29 is 90.3 Å². The highest BCUT2D eigenvalue weighted by atomic mass is 32.2. The fraction of sp³-hybridized carbons (Fsp3) is 0.627. The van der Waals surface area contributed by atoms with Gasteiger partial charge in [-0.25, -0.2) is 14.3 Å². The fourth-order valence-corrected chi connectivity index (χ4v) is 12.3. The molecule has 0 radical (unpaired) electrons. The van der Waals surface area contributed by atoms with E-state index in [1.54, 1.807) is 0 Å². The minimum absolute atomic E-state index is 0.0767. The van der Waals surface area contributed by atoms with Crippen molar-refractivity contribution in [3.63, 3.8) is 0 Å². The number of carbonyl (C=O) groups is 5. The first kappa shape index (κ1) is 53.7. The number of nitrogens with one attached hydrogen (secondary N) is 4. The second-order valence-electron chi connectivity index (χ2n) is 20.2. The van der Waals surface area contributed by atoms with Crippen LogP contribution < -0.4 is 24.8 Å². The molecule has 10 rings (SSSR count). The molecule has 0 bridgehead atoms. The summed E-state index contributed by atoms with van der Waals surface area (Å²) >= 11 is 0. The maximum Gasteiger partial charge on any atom is 0.421 e. The average Bonchev–Trinajstić information content (AvgIpc) is 4.34. The summed E-state index contributed by atoms with van der Waals surface area (Å²) in [4.78, 5) is 69.2. The third-order valence-corrected chi connectivity index (χ3v) is 16.4. The average molecular weight is 1080 g/mol. The van der Waals surface area contributed by atoms with Gasteiger partial charge in [0.15, 0.2) is 24.6 Å². The SMILES string of the molecule is COc1cccc2c1C(=O)c1c(O)c3c(c(O)c1C2=O)C[C@@](O)(C(=O)NCCNC(=O)OCCOCCNS(=O)(=O)NC(=O)OCC1[C@H]2CCC#CCC[C@@H]12)C[C@@H]3O[C@H]1C[C@H]2[C@H](O[C@@H]3[C@@H](OC4CC4)OCCN32)[C@H](C)O1. The second-order valence-corrected chi connectivity index (χ2v) is 21.7. The molecule has 76 heavy (non-hydrogen) atoms. The molecule has 0 aromatic heterocycles. The van der Waals surface area contributed by atoms with Crippen LogP contribution >= 0.6 is 0 Å². The van der Waals surface area contributed by atoms with Gasteiger partial charge >= 0.3 is 22.4 Å². The van der Waals surface area contributed by atoms with Crippen LogP contribution in [0.5, 0.6) is 17.2 Å². The molecule has 24 nitrogen and oxygen atoms in total. The monoisotopic (exact) mass is 1080 g/mol. The standard InChI is InChI=1S/C51H63N5O19S/c1-26-45-33(56-17-19-69-47(46(56)75-45)73-27-12-13-27)22-36(72-26)74-35-24-51(64,23-31-38(35)44(60)40-39(42(31)58)41(57)30-10-7-11-34(67-2)37(30)43(40)59)48(61)52-14-15-53-49(62)70-21-20-68-18-16-54-76(65,66)55-50(63)71-25-32-28-8-5-3-4-6-9-29(28)32/h7,10-11,26-29,32-33,35-36,45-47,54,58,60,64H,5-6,8-9,12-25H2,1-2H3,(H,52,61)(H,53,62)(H,55,63)/t26-,28-,29+,32?,33-,35-,36-,45+,46+,47+,51-/m0/s1. The van der Waals surface area contributed by atoms with Crippen molar-refractivity contribution in [1.29, 1.82) is 0 Å². The van der Waals surface area contributed by atoms with Crippen molar-refractivity contribution in [1.82, 2.24) is 25.0 Å². The molecule has 3 heterocycles. The zero-order valence-electron chi connectivity index (χ0n) is 42.0. The molecule has 25 heteroatoms. The van der Waals surface area contributed by atoms with Gasteiger partial charge in [-0.1, -0.05) is 12.1 Å².